The maximum absolute atomic E-state index is 12.0. The van der Waals surface area contributed by atoms with Gasteiger partial charge in [-0.1, -0.05) is 0 Å². The second-order valence-electron chi connectivity index (χ2n) is 5.54. The van der Waals surface area contributed by atoms with Crippen LogP contribution in [0.3, 0.4) is 0 Å². The van der Waals surface area contributed by atoms with E-state index in [-0.39, 0.29) is 11.8 Å². The number of nitrogens with zero attached hydrogens (tertiary/aromatic N) is 4. The highest BCUT2D eigenvalue weighted by Gasteiger charge is 2.36. The van der Waals surface area contributed by atoms with Crippen LogP contribution in [-0.4, -0.2) is 49.1 Å². The highest BCUT2D eigenvalue weighted by Crippen LogP contribution is 2.26. The average Bonchev–Trinajstić information content (AvgIpc) is 2.87. The molecule has 2 fully saturated rings. The first-order chi connectivity index (χ1) is 10.1. The van der Waals surface area contributed by atoms with Crippen LogP contribution >= 0.6 is 0 Å². The van der Waals surface area contributed by atoms with Gasteiger partial charge in [0.25, 0.3) is 0 Å². The van der Waals surface area contributed by atoms with Crippen molar-refractivity contribution in [2.45, 2.75) is 25.3 Å². The molecule has 3 rings (SSSR count). The number of hydrogen-bond acceptors (Lipinski definition) is 5. The van der Waals surface area contributed by atoms with Gasteiger partial charge in [0.1, 0.15) is 11.9 Å². The van der Waals surface area contributed by atoms with Gasteiger partial charge < -0.3 is 4.90 Å². The molecule has 6 nitrogen and oxygen atoms in total. The zero-order chi connectivity index (χ0) is 14.9. The van der Waals surface area contributed by atoms with Crippen LogP contribution in [0.1, 0.15) is 24.8 Å². The van der Waals surface area contributed by atoms with Crippen molar-refractivity contribution in [1.29, 1.82) is 5.26 Å². The molecule has 0 aliphatic carbocycles. The molecule has 0 amide bonds. The third kappa shape index (κ3) is 2.87. The first-order valence-electron chi connectivity index (χ1n) is 7.21. The molecule has 7 heteroatoms. The lowest BCUT2D eigenvalue weighted by Crippen LogP contribution is -2.48. The second-order valence-corrected chi connectivity index (χ2v) is 7.58. The molecule has 21 heavy (non-hydrogen) atoms. The summed E-state index contributed by atoms with van der Waals surface area (Å²) in [5.74, 6) is 1.09. The van der Waals surface area contributed by atoms with Crippen LogP contribution in [0.5, 0.6) is 0 Å². The molecule has 2 saturated heterocycles. The Morgan fingerprint density at radius 1 is 1.29 bits per heavy atom. The molecule has 0 aromatic carbocycles. The smallest absolute Gasteiger partial charge is 0.214 e. The van der Waals surface area contributed by atoms with E-state index in [0.717, 1.165) is 31.6 Å². The molecule has 3 heterocycles. The molecule has 0 bridgehead atoms. The summed E-state index contributed by atoms with van der Waals surface area (Å²) in [5, 5.41) is 8.81. The topological polar surface area (TPSA) is 77.3 Å². The van der Waals surface area contributed by atoms with Gasteiger partial charge in [0.05, 0.1) is 11.3 Å². The second kappa shape index (κ2) is 5.62. The fourth-order valence-corrected chi connectivity index (χ4v) is 4.87. The van der Waals surface area contributed by atoms with E-state index in [4.69, 9.17) is 5.26 Å². The third-order valence-electron chi connectivity index (χ3n) is 4.14. The van der Waals surface area contributed by atoms with E-state index >= 15 is 0 Å². The van der Waals surface area contributed by atoms with E-state index in [2.05, 4.69) is 16.0 Å². The quantitative estimate of drug-likeness (QED) is 0.813. The molecule has 2 aliphatic rings. The van der Waals surface area contributed by atoms with E-state index in [9.17, 15) is 8.42 Å². The molecule has 0 saturated carbocycles. The predicted molar refractivity (Wildman–Crippen MR) is 79.3 cm³/mol. The Balaban J connectivity index is 1.75. The number of anilines is 1. The van der Waals surface area contributed by atoms with Gasteiger partial charge in [-0.3, -0.25) is 0 Å². The average molecular weight is 306 g/mol. The van der Waals surface area contributed by atoms with Gasteiger partial charge >= 0.3 is 0 Å². The Kier molecular flexibility index (Phi) is 3.83. The van der Waals surface area contributed by atoms with Crippen LogP contribution in [0.15, 0.2) is 18.3 Å². The lowest BCUT2D eigenvalue weighted by atomic mass is 10.1. The largest absolute Gasteiger partial charge is 0.355 e. The standard InChI is InChI=1S/C14H18N4O2S/c15-9-12-4-5-14(16-10-12)17-6-1-3-13(11-17)18-7-2-8-21(18,19)20/h4-5,10,13H,1-3,6-8,11H2. The first kappa shape index (κ1) is 14.3. The maximum atomic E-state index is 12.0. The van der Waals surface area contributed by atoms with Gasteiger partial charge in [0.15, 0.2) is 0 Å². The molecule has 1 unspecified atom stereocenters. The highest BCUT2D eigenvalue weighted by atomic mass is 32.2. The Bertz CT molecular complexity index is 651. The SMILES string of the molecule is N#Cc1ccc(N2CCCC(N3CCCS3(=O)=O)C2)nc1. The van der Waals surface area contributed by atoms with E-state index in [1.54, 1.807) is 16.6 Å². The van der Waals surface area contributed by atoms with Crippen LogP contribution in [0, 0.1) is 11.3 Å². The monoisotopic (exact) mass is 306 g/mol. The van der Waals surface area contributed by atoms with Crippen molar-refractivity contribution < 1.29 is 8.42 Å². The summed E-state index contributed by atoms with van der Waals surface area (Å²) in [7, 11) is -3.06. The summed E-state index contributed by atoms with van der Waals surface area (Å²) in [6, 6.07) is 5.68. The lowest BCUT2D eigenvalue weighted by molar-refractivity contribution is 0.298. The molecule has 2 aliphatic heterocycles. The minimum atomic E-state index is -3.06. The first-order valence-corrected chi connectivity index (χ1v) is 8.82. The molecule has 0 spiro atoms. The third-order valence-corrected chi connectivity index (χ3v) is 6.14. The molecule has 0 N–H and O–H groups in total. The number of aromatic nitrogens is 1. The van der Waals surface area contributed by atoms with Crippen molar-refractivity contribution in [3.05, 3.63) is 23.9 Å². The van der Waals surface area contributed by atoms with Gasteiger partial charge in [-0.2, -0.15) is 9.57 Å². The summed E-state index contributed by atoms with van der Waals surface area (Å²) in [6.07, 6.45) is 4.16. The van der Waals surface area contributed by atoms with E-state index in [1.165, 1.54) is 0 Å². The van der Waals surface area contributed by atoms with Gasteiger partial charge in [-0.15, -0.1) is 0 Å². The summed E-state index contributed by atoms with van der Waals surface area (Å²) in [4.78, 5) is 6.42. The Morgan fingerprint density at radius 3 is 2.76 bits per heavy atom. The molecular formula is C14H18N4O2S. The fourth-order valence-electron chi connectivity index (χ4n) is 3.11. The number of nitriles is 1. The van der Waals surface area contributed by atoms with E-state index in [1.807, 2.05) is 6.07 Å². The van der Waals surface area contributed by atoms with Gasteiger partial charge in [0, 0.05) is 31.9 Å². The maximum Gasteiger partial charge on any atom is 0.214 e. The molecule has 1 atom stereocenters. The van der Waals surface area contributed by atoms with Crippen LogP contribution in [0.25, 0.3) is 0 Å². The molecule has 112 valence electrons. The van der Waals surface area contributed by atoms with Gasteiger partial charge in [-0.05, 0) is 31.4 Å². The van der Waals surface area contributed by atoms with Gasteiger partial charge in [-0.25, -0.2) is 13.4 Å². The zero-order valence-corrected chi connectivity index (χ0v) is 12.6. The van der Waals surface area contributed by atoms with Crippen LogP contribution in [-0.2, 0) is 10.0 Å². The number of rotatable bonds is 2. The number of hydrogen-bond donors (Lipinski definition) is 0. The summed E-state index contributed by atoms with van der Waals surface area (Å²) in [5.41, 5.74) is 0.537. The molecular weight excluding hydrogens is 288 g/mol. The fraction of sp³-hybridized carbons (Fsp3) is 0.571. The van der Waals surface area contributed by atoms with Gasteiger partial charge in [0.2, 0.25) is 10.0 Å². The zero-order valence-electron chi connectivity index (χ0n) is 11.8. The number of sulfonamides is 1. The minimum absolute atomic E-state index is 0.0451. The lowest BCUT2D eigenvalue weighted by Gasteiger charge is -2.37. The van der Waals surface area contributed by atoms with Crippen molar-refractivity contribution in [3.8, 4) is 6.07 Å². The Morgan fingerprint density at radius 2 is 2.14 bits per heavy atom. The van der Waals surface area contributed by atoms with E-state index < -0.39 is 10.0 Å². The van der Waals surface area contributed by atoms with Crippen LogP contribution in [0.4, 0.5) is 5.82 Å². The van der Waals surface area contributed by atoms with Crippen LogP contribution in [0.2, 0.25) is 0 Å². The molecule has 0 radical (unpaired) electrons. The normalized spacial score (nSPS) is 25.7. The number of pyridine rings is 1. The predicted octanol–water partition coefficient (Wildman–Crippen LogP) is 0.958. The van der Waals surface area contributed by atoms with Crippen LogP contribution < -0.4 is 4.90 Å². The van der Waals surface area contributed by atoms with Crippen molar-refractivity contribution in [2.24, 2.45) is 0 Å². The van der Waals surface area contributed by atoms with Crippen molar-refractivity contribution >= 4 is 15.8 Å². The minimum Gasteiger partial charge on any atom is -0.355 e. The Labute approximate surface area is 125 Å². The highest BCUT2D eigenvalue weighted by molar-refractivity contribution is 7.89. The molecule has 1 aromatic rings. The van der Waals surface area contributed by atoms with Crippen molar-refractivity contribution in [2.75, 3.05) is 30.3 Å². The van der Waals surface area contributed by atoms with Crippen molar-refractivity contribution in [1.82, 2.24) is 9.29 Å². The summed E-state index contributed by atoms with van der Waals surface area (Å²) < 4.78 is 25.8. The number of piperidine rings is 1. The van der Waals surface area contributed by atoms with E-state index in [0.29, 0.717) is 18.7 Å². The summed E-state index contributed by atoms with van der Waals surface area (Å²) in [6.45, 7) is 2.20. The molecule has 1 aromatic heterocycles. The summed E-state index contributed by atoms with van der Waals surface area (Å²) >= 11 is 0. The Hall–Kier alpha value is -1.65. The van der Waals surface area contributed by atoms with Crippen molar-refractivity contribution in [3.63, 3.8) is 0 Å².